The fraction of sp³-hybridized carbons (Fsp3) is 0.143. The van der Waals surface area contributed by atoms with E-state index in [2.05, 4.69) is 0 Å². The first kappa shape index (κ1) is 14.6. The molecule has 21 heavy (non-hydrogen) atoms. The fourth-order valence-electron chi connectivity index (χ4n) is 1.81. The highest BCUT2D eigenvalue weighted by Crippen LogP contribution is 2.11. The van der Waals surface area contributed by atoms with E-state index < -0.39 is 22.1 Å². The van der Waals surface area contributed by atoms with Crippen molar-refractivity contribution in [3.8, 4) is 0 Å². The Morgan fingerprint density at radius 2 is 2.05 bits per heavy atom. The average molecular weight is 290 g/mol. The zero-order valence-electron chi connectivity index (χ0n) is 11.1. The Labute approximate surface area is 118 Å². The predicted molar refractivity (Wildman–Crippen MR) is 72.8 cm³/mol. The molecular formula is C14H11FN2O4. The maximum absolute atomic E-state index is 13.2. The summed E-state index contributed by atoms with van der Waals surface area (Å²) in [5.41, 5.74) is -0.245. The third-order valence-corrected chi connectivity index (χ3v) is 2.97. The van der Waals surface area contributed by atoms with Gasteiger partial charge in [0.05, 0.1) is 17.7 Å². The predicted octanol–water partition coefficient (Wildman–Crippen LogP) is 2.09. The monoisotopic (exact) mass is 290 g/mol. The molecule has 0 atom stereocenters. The number of Topliss-reactive ketones (excluding diaryl/α,β-unsaturated/α-hetero) is 1. The van der Waals surface area contributed by atoms with Gasteiger partial charge < -0.3 is 4.57 Å². The zero-order chi connectivity index (χ0) is 15.6. The number of ketones is 1. The van der Waals surface area contributed by atoms with Crippen LogP contribution in [0.15, 0.2) is 41.3 Å². The summed E-state index contributed by atoms with van der Waals surface area (Å²) in [5, 5.41) is 10.7. The number of pyridine rings is 1. The van der Waals surface area contributed by atoms with Crippen molar-refractivity contribution < 1.29 is 14.1 Å². The van der Waals surface area contributed by atoms with Crippen molar-refractivity contribution in [2.75, 3.05) is 0 Å². The second kappa shape index (κ2) is 5.66. The molecule has 0 saturated carbocycles. The molecule has 7 heteroatoms. The molecule has 0 aliphatic heterocycles. The molecule has 1 heterocycles. The maximum Gasteiger partial charge on any atom is 0.285 e. The highest BCUT2D eigenvalue weighted by atomic mass is 19.1. The molecule has 0 amide bonds. The zero-order valence-corrected chi connectivity index (χ0v) is 11.1. The summed E-state index contributed by atoms with van der Waals surface area (Å²) in [6.07, 6.45) is 1.01. The SMILES string of the molecule is Cc1cc(C(=O)Cn2cc([N+](=O)[O-])ccc2=O)ccc1F. The number of nitro groups is 1. The lowest BCUT2D eigenvalue weighted by Crippen LogP contribution is -2.23. The number of aromatic nitrogens is 1. The van der Waals surface area contributed by atoms with Crippen LogP contribution in [-0.2, 0) is 6.54 Å². The summed E-state index contributed by atoms with van der Waals surface area (Å²) in [6.45, 7) is 1.18. The van der Waals surface area contributed by atoms with E-state index in [1.165, 1.54) is 25.1 Å². The summed E-state index contributed by atoms with van der Waals surface area (Å²) in [7, 11) is 0. The number of carbonyl (C=O) groups is 1. The number of hydrogen-bond acceptors (Lipinski definition) is 4. The van der Waals surface area contributed by atoms with Crippen LogP contribution >= 0.6 is 0 Å². The van der Waals surface area contributed by atoms with Gasteiger partial charge in [0.25, 0.3) is 11.2 Å². The van der Waals surface area contributed by atoms with E-state index in [9.17, 15) is 24.1 Å². The van der Waals surface area contributed by atoms with Gasteiger partial charge in [-0.25, -0.2) is 4.39 Å². The summed E-state index contributed by atoms with van der Waals surface area (Å²) in [5.74, 6) is -0.861. The average Bonchev–Trinajstić information content (AvgIpc) is 2.43. The second-order valence-corrected chi connectivity index (χ2v) is 4.50. The molecule has 108 valence electrons. The Morgan fingerprint density at radius 3 is 2.67 bits per heavy atom. The molecule has 2 aromatic rings. The number of halogens is 1. The molecule has 0 spiro atoms. The van der Waals surface area contributed by atoms with Crippen molar-refractivity contribution in [3.05, 3.63) is 73.9 Å². The molecule has 0 bridgehead atoms. The molecule has 0 aliphatic carbocycles. The van der Waals surface area contributed by atoms with E-state index in [4.69, 9.17) is 0 Å². The van der Waals surface area contributed by atoms with E-state index in [1.54, 1.807) is 0 Å². The van der Waals surface area contributed by atoms with E-state index >= 15 is 0 Å². The molecule has 6 nitrogen and oxygen atoms in total. The first-order valence-corrected chi connectivity index (χ1v) is 6.02. The first-order chi connectivity index (χ1) is 9.88. The summed E-state index contributed by atoms with van der Waals surface area (Å²) in [6, 6.07) is 5.96. The van der Waals surface area contributed by atoms with E-state index in [-0.39, 0.29) is 17.8 Å². The number of benzene rings is 1. The normalized spacial score (nSPS) is 10.4. The van der Waals surface area contributed by atoms with Crippen molar-refractivity contribution >= 4 is 11.5 Å². The van der Waals surface area contributed by atoms with Gasteiger partial charge in [-0.1, -0.05) is 0 Å². The minimum absolute atomic E-state index is 0.243. The molecule has 0 radical (unpaired) electrons. The van der Waals surface area contributed by atoms with Crippen molar-refractivity contribution in [1.29, 1.82) is 0 Å². The van der Waals surface area contributed by atoms with Gasteiger partial charge in [0.15, 0.2) is 5.78 Å². The van der Waals surface area contributed by atoms with E-state index in [0.29, 0.717) is 5.56 Å². The quantitative estimate of drug-likeness (QED) is 0.490. The standard InChI is InChI=1S/C14H11FN2O4/c1-9-6-10(2-4-12(9)15)13(18)8-16-7-11(17(20)21)3-5-14(16)19/h2-7H,8H2,1H3. The molecule has 0 unspecified atom stereocenters. The van der Waals surface area contributed by atoms with Crippen LogP contribution < -0.4 is 5.56 Å². The fourth-order valence-corrected chi connectivity index (χ4v) is 1.81. The Kier molecular flexibility index (Phi) is 3.93. The van der Waals surface area contributed by atoms with Gasteiger partial charge in [0.2, 0.25) is 0 Å². The van der Waals surface area contributed by atoms with E-state index in [0.717, 1.165) is 22.9 Å². The van der Waals surface area contributed by atoms with Crippen molar-refractivity contribution in [1.82, 2.24) is 4.57 Å². The van der Waals surface area contributed by atoms with Crippen LogP contribution in [0.3, 0.4) is 0 Å². The number of carbonyl (C=O) groups excluding carboxylic acids is 1. The molecular weight excluding hydrogens is 279 g/mol. The largest absolute Gasteiger partial charge is 0.301 e. The lowest BCUT2D eigenvalue weighted by molar-refractivity contribution is -0.385. The molecule has 2 rings (SSSR count). The Morgan fingerprint density at radius 1 is 1.33 bits per heavy atom. The number of nitrogens with zero attached hydrogens (tertiary/aromatic N) is 2. The van der Waals surface area contributed by atoms with Crippen LogP contribution in [0.1, 0.15) is 15.9 Å². The lowest BCUT2D eigenvalue weighted by Gasteiger charge is -2.06. The summed E-state index contributed by atoms with van der Waals surface area (Å²) >= 11 is 0. The maximum atomic E-state index is 13.2. The van der Waals surface area contributed by atoms with Crippen LogP contribution in [0.2, 0.25) is 0 Å². The van der Waals surface area contributed by atoms with Crippen LogP contribution in [0.5, 0.6) is 0 Å². The van der Waals surface area contributed by atoms with Crippen LogP contribution in [0.25, 0.3) is 0 Å². The van der Waals surface area contributed by atoms with E-state index in [1.807, 2.05) is 0 Å². The molecule has 0 saturated heterocycles. The highest BCUT2D eigenvalue weighted by Gasteiger charge is 2.13. The smallest absolute Gasteiger partial charge is 0.285 e. The summed E-state index contributed by atoms with van der Waals surface area (Å²) in [4.78, 5) is 33.7. The second-order valence-electron chi connectivity index (χ2n) is 4.50. The van der Waals surface area contributed by atoms with Crippen LogP contribution in [0.4, 0.5) is 10.1 Å². The minimum Gasteiger partial charge on any atom is -0.301 e. The van der Waals surface area contributed by atoms with Gasteiger partial charge in [0.1, 0.15) is 5.82 Å². The van der Waals surface area contributed by atoms with Crippen LogP contribution in [0, 0.1) is 22.9 Å². The Hall–Kier alpha value is -2.83. The van der Waals surface area contributed by atoms with Crippen molar-refractivity contribution in [3.63, 3.8) is 0 Å². The molecule has 1 aromatic heterocycles. The third-order valence-electron chi connectivity index (χ3n) is 2.97. The number of aryl methyl sites for hydroxylation is 1. The van der Waals surface area contributed by atoms with Crippen molar-refractivity contribution in [2.24, 2.45) is 0 Å². The summed E-state index contributed by atoms with van der Waals surface area (Å²) < 4.78 is 14.1. The molecule has 1 aromatic carbocycles. The number of hydrogen-bond donors (Lipinski definition) is 0. The molecule has 0 fully saturated rings. The van der Waals surface area contributed by atoms with Gasteiger partial charge in [-0.2, -0.15) is 0 Å². The van der Waals surface area contributed by atoms with Gasteiger partial charge in [-0.05, 0) is 30.7 Å². The Bertz CT molecular complexity index is 783. The van der Waals surface area contributed by atoms with Crippen LogP contribution in [-0.4, -0.2) is 15.3 Å². The molecule has 0 aliphatic rings. The Balaban J connectivity index is 2.31. The molecule has 0 N–H and O–H groups in total. The van der Waals surface area contributed by atoms with Crippen molar-refractivity contribution in [2.45, 2.75) is 13.5 Å². The third kappa shape index (κ3) is 3.19. The van der Waals surface area contributed by atoms with Gasteiger partial charge in [-0.3, -0.25) is 19.7 Å². The topological polar surface area (TPSA) is 82.2 Å². The lowest BCUT2D eigenvalue weighted by atomic mass is 10.1. The van der Waals surface area contributed by atoms with Gasteiger partial charge >= 0.3 is 0 Å². The number of rotatable bonds is 4. The first-order valence-electron chi connectivity index (χ1n) is 6.02. The minimum atomic E-state index is -0.650. The van der Waals surface area contributed by atoms with Gasteiger partial charge in [-0.15, -0.1) is 0 Å². The highest BCUT2D eigenvalue weighted by molar-refractivity contribution is 5.96. The van der Waals surface area contributed by atoms with Gasteiger partial charge in [0, 0.05) is 17.7 Å².